The van der Waals surface area contributed by atoms with Crippen LogP contribution in [0.25, 0.3) is 0 Å². The molecule has 0 bridgehead atoms. The molecule has 0 aliphatic carbocycles. The van der Waals surface area contributed by atoms with E-state index in [-0.39, 0.29) is 11.9 Å². The van der Waals surface area contributed by atoms with E-state index in [0.29, 0.717) is 34.7 Å². The summed E-state index contributed by atoms with van der Waals surface area (Å²) in [5.74, 6) is 1.85. The van der Waals surface area contributed by atoms with Crippen molar-refractivity contribution < 1.29 is 18.7 Å². The van der Waals surface area contributed by atoms with Gasteiger partial charge >= 0.3 is 0 Å². The first-order valence-corrected chi connectivity index (χ1v) is 10.5. The van der Waals surface area contributed by atoms with Gasteiger partial charge in [-0.25, -0.2) is 0 Å². The molecule has 1 amide bonds. The number of amides is 1. The highest BCUT2D eigenvalue weighted by Crippen LogP contribution is 2.36. The predicted octanol–water partition coefficient (Wildman–Crippen LogP) is 4.41. The van der Waals surface area contributed by atoms with Crippen LogP contribution in [0.3, 0.4) is 0 Å². The number of benzene rings is 1. The van der Waals surface area contributed by atoms with Crippen LogP contribution >= 0.6 is 15.9 Å². The average Bonchev–Trinajstić information content (AvgIpc) is 3.24. The Bertz CT molecular complexity index is 773. The first kappa shape index (κ1) is 20.7. The van der Waals surface area contributed by atoms with Crippen LogP contribution in [0.5, 0.6) is 11.5 Å². The smallest absolute Gasteiger partial charge is 0.251 e. The Morgan fingerprint density at radius 3 is 2.75 bits per heavy atom. The van der Waals surface area contributed by atoms with Gasteiger partial charge in [0, 0.05) is 12.1 Å². The Morgan fingerprint density at radius 2 is 2.11 bits per heavy atom. The topological polar surface area (TPSA) is 63.9 Å². The molecule has 1 saturated heterocycles. The lowest BCUT2D eigenvalue weighted by Gasteiger charge is -2.33. The number of hydrogen-bond donors (Lipinski definition) is 1. The van der Waals surface area contributed by atoms with Gasteiger partial charge in [0.15, 0.2) is 11.5 Å². The Labute approximate surface area is 174 Å². The molecule has 2 aromatic rings. The highest BCUT2D eigenvalue weighted by molar-refractivity contribution is 9.10. The van der Waals surface area contributed by atoms with Crippen molar-refractivity contribution in [3.8, 4) is 11.5 Å². The summed E-state index contributed by atoms with van der Waals surface area (Å²) in [4.78, 5) is 15.2. The predicted molar refractivity (Wildman–Crippen MR) is 111 cm³/mol. The summed E-state index contributed by atoms with van der Waals surface area (Å²) < 4.78 is 17.3. The molecule has 152 valence electrons. The molecule has 1 N–H and O–H groups in total. The molecule has 1 atom stereocenters. The lowest BCUT2D eigenvalue weighted by Crippen LogP contribution is -2.40. The van der Waals surface area contributed by atoms with Gasteiger partial charge in [0.05, 0.1) is 30.5 Å². The van der Waals surface area contributed by atoms with E-state index in [1.165, 1.54) is 19.3 Å². The van der Waals surface area contributed by atoms with Crippen LogP contribution in [-0.4, -0.2) is 44.2 Å². The van der Waals surface area contributed by atoms with Gasteiger partial charge in [0.2, 0.25) is 0 Å². The monoisotopic (exact) mass is 450 g/mol. The van der Waals surface area contributed by atoms with Gasteiger partial charge < -0.3 is 19.2 Å². The van der Waals surface area contributed by atoms with Gasteiger partial charge in [0.25, 0.3) is 5.91 Å². The van der Waals surface area contributed by atoms with Crippen molar-refractivity contribution >= 4 is 21.8 Å². The fourth-order valence-corrected chi connectivity index (χ4v) is 4.10. The number of rotatable bonds is 8. The zero-order chi connectivity index (χ0) is 19.9. The average molecular weight is 451 g/mol. The number of likely N-dealkylation sites (tertiary alicyclic amines) is 1. The van der Waals surface area contributed by atoms with Gasteiger partial charge in [-0.1, -0.05) is 6.42 Å². The van der Waals surface area contributed by atoms with Gasteiger partial charge in [-0.05, 0) is 73.1 Å². The van der Waals surface area contributed by atoms with Crippen molar-refractivity contribution in [3.63, 3.8) is 0 Å². The molecule has 1 aliphatic heterocycles. The maximum atomic E-state index is 12.8. The third-order valence-electron chi connectivity index (χ3n) is 4.94. The van der Waals surface area contributed by atoms with Gasteiger partial charge in [-0.2, -0.15) is 0 Å². The number of methoxy groups -OCH3 is 1. The number of ether oxygens (including phenoxy) is 2. The molecule has 1 aliphatic rings. The number of furan rings is 1. The summed E-state index contributed by atoms with van der Waals surface area (Å²) in [6, 6.07) is 7.36. The van der Waals surface area contributed by atoms with Crippen molar-refractivity contribution in [3.05, 3.63) is 46.3 Å². The number of piperidine rings is 1. The maximum absolute atomic E-state index is 12.8. The molecule has 1 aromatic heterocycles. The Kier molecular flexibility index (Phi) is 7.39. The first-order valence-electron chi connectivity index (χ1n) is 9.70. The number of carbonyl (C=O) groups is 1. The Morgan fingerprint density at radius 1 is 1.32 bits per heavy atom. The van der Waals surface area contributed by atoms with Crippen molar-refractivity contribution in [1.29, 1.82) is 0 Å². The molecule has 1 aromatic carbocycles. The molecule has 0 saturated carbocycles. The Hall–Kier alpha value is -1.99. The summed E-state index contributed by atoms with van der Waals surface area (Å²) in [6.45, 7) is 4.94. The molecular formula is C21H27BrN2O4. The standard InChI is InChI=1S/C21H27BrN2O4/c1-3-27-20-16(22)12-15(13-19(20)26-2)21(25)23-14-17(18-8-7-11-28-18)24-9-5-4-6-10-24/h7-8,11-13,17H,3-6,9-10,14H2,1-2H3,(H,23,25). The van der Waals surface area contributed by atoms with E-state index in [0.717, 1.165) is 18.8 Å². The summed E-state index contributed by atoms with van der Waals surface area (Å²) >= 11 is 3.47. The van der Waals surface area contributed by atoms with Crippen LogP contribution in [0.4, 0.5) is 0 Å². The van der Waals surface area contributed by atoms with Gasteiger partial charge in [0.1, 0.15) is 5.76 Å². The minimum absolute atomic E-state index is 0.0345. The number of hydrogen-bond acceptors (Lipinski definition) is 5. The third-order valence-corrected chi connectivity index (χ3v) is 5.53. The zero-order valence-corrected chi connectivity index (χ0v) is 18.0. The van der Waals surface area contributed by atoms with E-state index in [2.05, 4.69) is 26.1 Å². The molecule has 6 nitrogen and oxygen atoms in total. The number of nitrogens with one attached hydrogen (secondary N) is 1. The molecule has 28 heavy (non-hydrogen) atoms. The molecule has 1 unspecified atom stereocenters. The molecule has 2 heterocycles. The van der Waals surface area contributed by atoms with Gasteiger partial charge in [-0.3, -0.25) is 9.69 Å². The van der Waals surface area contributed by atoms with E-state index in [4.69, 9.17) is 13.9 Å². The second-order valence-corrected chi connectivity index (χ2v) is 7.61. The molecule has 1 fully saturated rings. The van der Waals surface area contributed by atoms with Crippen LogP contribution in [0, 0.1) is 0 Å². The number of carbonyl (C=O) groups excluding carboxylic acids is 1. The van der Waals surface area contributed by atoms with Crippen LogP contribution in [0.1, 0.15) is 48.3 Å². The van der Waals surface area contributed by atoms with E-state index in [9.17, 15) is 4.79 Å². The lowest BCUT2D eigenvalue weighted by molar-refractivity contribution is 0.0913. The van der Waals surface area contributed by atoms with E-state index >= 15 is 0 Å². The van der Waals surface area contributed by atoms with Crippen LogP contribution < -0.4 is 14.8 Å². The summed E-state index contributed by atoms with van der Waals surface area (Å²) in [5, 5.41) is 3.06. The molecular weight excluding hydrogens is 424 g/mol. The summed E-state index contributed by atoms with van der Waals surface area (Å²) in [6.07, 6.45) is 5.29. The molecule has 0 spiro atoms. The molecule has 3 rings (SSSR count). The SMILES string of the molecule is CCOc1c(Br)cc(C(=O)NCC(c2ccco2)N2CCCCC2)cc1OC. The fourth-order valence-electron chi connectivity index (χ4n) is 3.55. The van der Waals surface area contributed by atoms with Crippen LogP contribution in [0.2, 0.25) is 0 Å². The number of halogens is 1. The Balaban J connectivity index is 1.73. The largest absolute Gasteiger partial charge is 0.493 e. The lowest BCUT2D eigenvalue weighted by atomic mass is 10.1. The van der Waals surface area contributed by atoms with Crippen molar-refractivity contribution in [2.45, 2.75) is 32.2 Å². The van der Waals surface area contributed by atoms with Crippen molar-refractivity contribution in [2.75, 3.05) is 33.4 Å². The molecule has 7 heteroatoms. The van der Waals surface area contributed by atoms with E-state index in [1.807, 2.05) is 19.1 Å². The van der Waals surface area contributed by atoms with Crippen LogP contribution in [-0.2, 0) is 0 Å². The van der Waals surface area contributed by atoms with E-state index < -0.39 is 0 Å². The highest BCUT2D eigenvalue weighted by Gasteiger charge is 2.25. The second kappa shape index (κ2) is 9.98. The van der Waals surface area contributed by atoms with Crippen molar-refractivity contribution in [2.24, 2.45) is 0 Å². The minimum atomic E-state index is -0.157. The van der Waals surface area contributed by atoms with Crippen LogP contribution in [0.15, 0.2) is 39.4 Å². The van der Waals surface area contributed by atoms with E-state index in [1.54, 1.807) is 25.5 Å². The number of nitrogens with zero attached hydrogens (tertiary/aromatic N) is 1. The highest BCUT2D eigenvalue weighted by atomic mass is 79.9. The quantitative estimate of drug-likeness (QED) is 0.645. The van der Waals surface area contributed by atoms with Crippen molar-refractivity contribution in [1.82, 2.24) is 10.2 Å². The summed E-state index contributed by atoms with van der Waals surface area (Å²) in [7, 11) is 1.56. The fraction of sp³-hybridized carbons (Fsp3) is 0.476. The maximum Gasteiger partial charge on any atom is 0.251 e. The molecule has 0 radical (unpaired) electrons. The minimum Gasteiger partial charge on any atom is -0.493 e. The zero-order valence-electron chi connectivity index (χ0n) is 16.4. The van der Waals surface area contributed by atoms with Gasteiger partial charge in [-0.15, -0.1) is 0 Å². The third kappa shape index (κ3) is 4.89. The normalized spacial score (nSPS) is 15.8. The summed E-state index contributed by atoms with van der Waals surface area (Å²) in [5.41, 5.74) is 0.518. The first-order chi connectivity index (χ1) is 13.6. The second-order valence-electron chi connectivity index (χ2n) is 6.76.